The molecule has 19 heavy (non-hydrogen) atoms. The first kappa shape index (κ1) is 12.5. The second kappa shape index (κ2) is 4.85. The van der Waals surface area contributed by atoms with Gasteiger partial charge in [-0.15, -0.1) is 0 Å². The highest BCUT2D eigenvalue weighted by Crippen LogP contribution is 2.35. The van der Waals surface area contributed by atoms with Crippen LogP contribution in [0.4, 0.5) is 0 Å². The molecule has 0 bridgehead atoms. The van der Waals surface area contributed by atoms with Gasteiger partial charge in [-0.1, -0.05) is 35.3 Å². The molecule has 0 unspecified atom stereocenters. The van der Waals surface area contributed by atoms with Gasteiger partial charge in [-0.2, -0.15) is 0 Å². The summed E-state index contributed by atoms with van der Waals surface area (Å²) in [4.78, 5) is 4.37. The number of rotatable bonds is 2. The van der Waals surface area contributed by atoms with Crippen LogP contribution < -0.4 is 0 Å². The Morgan fingerprint density at radius 2 is 1.84 bits per heavy atom. The minimum absolute atomic E-state index is 0.0367. The van der Waals surface area contributed by atoms with Crippen molar-refractivity contribution in [3.63, 3.8) is 0 Å². The Kier molecular flexibility index (Phi) is 3.19. The molecule has 96 valence electrons. The third-order valence-corrected chi connectivity index (χ3v) is 3.44. The molecule has 0 fully saturated rings. The predicted octanol–water partition coefficient (Wildman–Crippen LogP) is 4.29. The lowest BCUT2D eigenvalue weighted by molar-refractivity contribution is 0.282. The number of benzene rings is 2. The maximum absolute atomic E-state index is 9.11. The van der Waals surface area contributed by atoms with Crippen LogP contribution in [0, 0.1) is 0 Å². The Hall–Kier alpha value is -1.55. The maximum Gasteiger partial charge on any atom is 0.230 e. The number of hydrogen-bond donors (Lipinski definition) is 1. The van der Waals surface area contributed by atoms with Crippen LogP contribution >= 0.6 is 23.2 Å². The summed E-state index contributed by atoms with van der Waals surface area (Å²) in [5, 5.41) is 10.1. The van der Waals surface area contributed by atoms with Crippen LogP contribution in [0.5, 0.6) is 0 Å². The summed E-state index contributed by atoms with van der Waals surface area (Å²) >= 11 is 12.3. The zero-order valence-electron chi connectivity index (χ0n) is 9.73. The average molecular weight is 294 g/mol. The van der Waals surface area contributed by atoms with Gasteiger partial charge in [0.05, 0.1) is 22.2 Å². The molecule has 0 aliphatic carbocycles. The van der Waals surface area contributed by atoms with Crippen LogP contribution in [0.15, 0.2) is 40.8 Å². The molecule has 0 atom stereocenters. The number of fused-ring (bicyclic) bond motifs is 1. The van der Waals surface area contributed by atoms with E-state index in [-0.39, 0.29) is 6.61 Å². The number of oxazole rings is 1. The first-order chi connectivity index (χ1) is 9.19. The lowest BCUT2D eigenvalue weighted by atomic mass is 10.2. The molecule has 5 heteroatoms. The van der Waals surface area contributed by atoms with Gasteiger partial charge in [0.25, 0.3) is 0 Å². The minimum Gasteiger partial charge on any atom is -0.436 e. The van der Waals surface area contributed by atoms with E-state index in [4.69, 9.17) is 32.7 Å². The third kappa shape index (κ3) is 2.21. The van der Waals surface area contributed by atoms with Gasteiger partial charge in [0.15, 0.2) is 5.58 Å². The van der Waals surface area contributed by atoms with E-state index in [9.17, 15) is 0 Å². The summed E-state index contributed by atoms with van der Waals surface area (Å²) < 4.78 is 5.65. The van der Waals surface area contributed by atoms with Gasteiger partial charge in [0, 0.05) is 0 Å². The van der Waals surface area contributed by atoms with Gasteiger partial charge >= 0.3 is 0 Å². The van der Waals surface area contributed by atoms with Gasteiger partial charge in [0.2, 0.25) is 5.89 Å². The molecule has 0 aliphatic heterocycles. The first-order valence-corrected chi connectivity index (χ1v) is 6.39. The van der Waals surface area contributed by atoms with Crippen molar-refractivity contribution in [1.29, 1.82) is 0 Å². The van der Waals surface area contributed by atoms with Crippen molar-refractivity contribution in [2.24, 2.45) is 0 Å². The molecule has 0 saturated carbocycles. The summed E-state index contributed by atoms with van der Waals surface area (Å²) in [5.41, 5.74) is 2.64. The quantitative estimate of drug-likeness (QED) is 0.766. The summed E-state index contributed by atoms with van der Waals surface area (Å²) in [5.74, 6) is 0.376. The molecule has 0 amide bonds. The van der Waals surface area contributed by atoms with E-state index in [0.29, 0.717) is 32.6 Å². The summed E-state index contributed by atoms with van der Waals surface area (Å²) in [7, 11) is 0. The van der Waals surface area contributed by atoms with Crippen molar-refractivity contribution < 1.29 is 9.52 Å². The lowest BCUT2D eigenvalue weighted by Gasteiger charge is -2.01. The molecule has 0 aliphatic rings. The zero-order valence-corrected chi connectivity index (χ0v) is 11.2. The Bertz CT molecular complexity index is 732. The fourth-order valence-corrected chi connectivity index (χ4v) is 2.44. The number of aromatic nitrogens is 1. The van der Waals surface area contributed by atoms with Crippen LogP contribution in [-0.4, -0.2) is 10.1 Å². The second-order valence-corrected chi connectivity index (χ2v) is 4.89. The number of aliphatic hydroxyl groups is 1. The largest absolute Gasteiger partial charge is 0.436 e. The SMILES string of the molecule is OCc1ccc2oc(-c3c(Cl)cccc3Cl)nc2c1. The van der Waals surface area contributed by atoms with Gasteiger partial charge in [-0.05, 0) is 29.8 Å². The lowest BCUT2D eigenvalue weighted by Crippen LogP contribution is -1.82. The molecule has 3 nitrogen and oxygen atoms in total. The monoisotopic (exact) mass is 293 g/mol. The highest BCUT2D eigenvalue weighted by atomic mass is 35.5. The van der Waals surface area contributed by atoms with E-state index in [0.717, 1.165) is 5.56 Å². The second-order valence-electron chi connectivity index (χ2n) is 4.08. The molecular weight excluding hydrogens is 285 g/mol. The molecule has 0 saturated heterocycles. The summed E-state index contributed by atoms with van der Waals surface area (Å²) in [6.07, 6.45) is 0. The number of halogens is 2. The zero-order chi connectivity index (χ0) is 13.4. The molecule has 3 aromatic rings. The topological polar surface area (TPSA) is 46.3 Å². The standard InChI is InChI=1S/C14H9Cl2NO2/c15-9-2-1-3-10(16)13(9)14-17-11-6-8(7-18)4-5-12(11)19-14/h1-6,18H,7H2. The van der Waals surface area contributed by atoms with Gasteiger partial charge in [0.1, 0.15) is 5.52 Å². The van der Waals surface area contributed by atoms with Gasteiger partial charge in [-0.25, -0.2) is 4.98 Å². The molecule has 2 aromatic carbocycles. The van der Waals surface area contributed by atoms with Crippen molar-refractivity contribution in [2.45, 2.75) is 6.61 Å². The summed E-state index contributed by atoms with van der Waals surface area (Å²) in [6, 6.07) is 10.6. The Morgan fingerprint density at radius 1 is 1.11 bits per heavy atom. The summed E-state index contributed by atoms with van der Waals surface area (Å²) in [6.45, 7) is -0.0367. The van der Waals surface area contributed by atoms with E-state index >= 15 is 0 Å². The van der Waals surface area contributed by atoms with Crippen LogP contribution in [0.2, 0.25) is 10.0 Å². The fourth-order valence-electron chi connectivity index (χ4n) is 1.88. The highest BCUT2D eigenvalue weighted by Gasteiger charge is 2.15. The number of nitrogens with zero attached hydrogens (tertiary/aromatic N) is 1. The van der Waals surface area contributed by atoms with Crippen molar-refractivity contribution in [3.05, 3.63) is 52.0 Å². The fraction of sp³-hybridized carbons (Fsp3) is 0.0714. The Labute approximate surface area is 119 Å². The van der Waals surface area contributed by atoms with Crippen molar-refractivity contribution in [3.8, 4) is 11.5 Å². The average Bonchev–Trinajstić information content (AvgIpc) is 2.80. The van der Waals surface area contributed by atoms with Crippen molar-refractivity contribution in [1.82, 2.24) is 4.98 Å². The Morgan fingerprint density at radius 3 is 2.53 bits per heavy atom. The van der Waals surface area contributed by atoms with Crippen molar-refractivity contribution in [2.75, 3.05) is 0 Å². The maximum atomic E-state index is 9.11. The molecule has 0 radical (unpaired) electrons. The van der Waals surface area contributed by atoms with E-state index in [2.05, 4.69) is 4.98 Å². The molecule has 3 rings (SSSR count). The van der Waals surface area contributed by atoms with Crippen LogP contribution in [-0.2, 0) is 6.61 Å². The van der Waals surface area contributed by atoms with Gasteiger partial charge < -0.3 is 9.52 Å². The van der Waals surface area contributed by atoms with Crippen LogP contribution in [0.3, 0.4) is 0 Å². The number of hydrogen-bond acceptors (Lipinski definition) is 3. The molecular formula is C14H9Cl2NO2. The Balaban J connectivity index is 2.21. The van der Waals surface area contributed by atoms with E-state index in [1.165, 1.54) is 0 Å². The van der Waals surface area contributed by atoms with E-state index < -0.39 is 0 Å². The molecule has 1 N–H and O–H groups in total. The van der Waals surface area contributed by atoms with Crippen molar-refractivity contribution >= 4 is 34.3 Å². The van der Waals surface area contributed by atoms with E-state index in [1.807, 2.05) is 0 Å². The normalized spacial score (nSPS) is 11.1. The van der Waals surface area contributed by atoms with Crippen LogP contribution in [0.25, 0.3) is 22.6 Å². The predicted molar refractivity (Wildman–Crippen MR) is 75.4 cm³/mol. The smallest absolute Gasteiger partial charge is 0.230 e. The van der Waals surface area contributed by atoms with Crippen LogP contribution in [0.1, 0.15) is 5.56 Å². The molecule has 0 spiro atoms. The molecule has 1 aromatic heterocycles. The first-order valence-electron chi connectivity index (χ1n) is 5.64. The van der Waals surface area contributed by atoms with E-state index in [1.54, 1.807) is 36.4 Å². The molecule has 1 heterocycles. The number of aliphatic hydroxyl groups excluding tert-OH is 1. The minimum atomic E-state index is -0.0367. The van der Waals surface area contributed by atoms with Gasteiger partial charge in [-0.3, -0.25) is 0 Å². The third-order valence-electron chi connectivity index (χ3n) is 2.81. The highest BCUT2D eigenvalue weighted by molar-refractivity contribution is 6.38.